The van der Waals surface area contributed by atoms with Gasteiger partial charge < -0.3 is 14.5 Å². The van der Waals surface area contributed by atoms with Crippen molar-refractivity contribution in [3.8, 4) is 5.75 Å². The molecular weight excluding hydrogens is 258 g/mol. The number of hydrogen-bond acceptors (Lipinski definition) is 4. The Labute approximate surface area is 116 Å². The highest BCUT2D eigenvalue weighted by Crippen LogP contribution is 2.36. The number of carbonyl (C=O) groups is 2. The number of para-hydroxylation sites is 1. The van der Waals surface area contributed by atoms with Crippen LogP contribution >= 0.6 is 0 Å². The summed E-state index contributed by atoms with van der Waals surface area (Å²) in [5.74, 6) is 0.0402. The summed E-state index contributed by atoms with van der Waals surface area (Å²) in [6.45, 7) is 3.12. The molecule has 5 nitrogen and oxygen atoms in total. The molecule has 0 aliphatic heterocycles. The number of benzene rings is 1. The molecule has 0 atom stereocenters. The van der Waals surface area contributed by atoms with Gasteiger partial charge in [0.05, 0.1) is 12.8 Å². The number of ketones is 1. The first-order chi connectivity index (χ1) is 9.58. The summed E-state index contributed by atoms with van der Waals surface area (Å²) in [7, 11) is 1.52. The van der Waals surface area contributed by atoms with Gasteiger partial charge in [-0.25, -0.2) is 0 Å². The van der Waals surface area contributed by atoms with E-state index in [9.17, 15) is 9.59 Å². The van der Waals surface area contributed by atoms with Crippen molar-refractivity contribution in [3.05, 3.63) is 36.1 Å². The number of carbonyl (C=O) groups excluding carboxylic acids is 2. The minimum absolute atomic E-state index is 0.113. The first kappa shape index (κ1) is 13.9. The fraction of sp³-hybridized carbons (Fsp3) is 0.200. The summed E-state index contributed by atoms with van der Waals surface area (Å²) in [6.07, 6.45) is 2.99. The number of methoxy groups -OCH3 is 1. The molecule has 1 N–H and O–H groups in total. The number of ether oxygens (including phenoxy) is 1. The lowest BCUT2D eigenvalue weighted by Gasteiger charge is -2.02. The first-order valence-corrected chi connectivity index (χ1v) is 6.12. The van der Waals surface area contributed by atoms with Crippen LogP contribution in [0.25, 0.3) is 11.0 Å². The Balaban J connectivity index is 2.63. The Morgan fingerprint density at radius 3 is 2.70 bits per heavy atom. The quantitative estimate of drug-likeness (QED) is 0.686. The lowest BCUT2D eigenvalue weighted by atomic mass is 10.2. The van der Waals surface area contributed by atoms with Crippen LogP contribution < -0.4 is 10.1 Å². The van der Waals surface area contributed by atoms with E-state index in [-0.39, 0.29) is 17.5 Å². The fourth-order valence-electron chi connectivity index (χ4n) is 1.94. The molecule has 1 aromatic carbocycles. The number of amides is 1. The zero-order chi connectivity index (χ0) is 14.7. The molecule has 0 saturated heterocycles. The third kappa shape index (κ3) is 2.42. The molecule has 0 aliphatic rings. The van der Waals surface area contributed by atoms with Crippen LogP contribution in [0, 0.1) is 0 Å². The maximum Gasteiger partial charge on any atom is 0.248 e. The van der Waals surface area contributed by atoms with Gasteiger partial charge in [0.25, 0.3) is 0 Å². The normalized spacial score (nSPS) is 10.9. The summed E-state index contributed by atoms with van der Waals surface area (Å²) in [5, 5.41) is 3.30. The van der Waals surface area contributed by atoms with Crippen molar-refractivity contribution in [1.82, 2.24) is 0 Å². The van der Waals surface area contributed by atoms with Crippen LogP contribution in [0.3, 0.4) is 0 Å². The van der Waals surface area contributed by atoms with Gasteiger partial charge in [-0.05, 0) is 25.1 Å². The second-order valence-corrected chi connectivity index (χ2v) is 4.19. The summed E-state index contributed by atoms with van der Waals surface area (Å²) in [4.78, 5) is 23.4. The van der Waals surface area contributed by atoms with Crippen molar-refractivity contribution in [2.45, 2.75) is 13.8 Å². The van der Waals surface area contributed by atoms with Crippen LogP contribution in [-0.2, 0) is 4.79 Å². The highest BCUT2D eigenvalue weighted by atomic mass is 16.5. The number of nitrogens with one attached hydrogen (secondary N) is 1. The third-order valence-electron chi connectivity index (χ3n) is 2.79. The molecule has 0 fully saturated rings. The van der Waals surface area contributed by atoms with Gasteiger partial charge in [-0.3, -0.25) is 9.59 Å². The molecular formula is C15H15NO4. The molecule has 2 aromatic rings. The Bertz CT molecular complexity index is 697. The number of anilines is 1. The number of allylic oxidation sites excluding steroid dienone is 1. The molecule has 5 heteroatoms. The van der Waals surface area contributed by atoms with Gasteiger partial charge in [0.2, 0.25) is 5.91 Å². The topological polar surface area (TPSA) is 68.5 Å². The number of rotatable bonds is 4. The number of fused-ring (bicyclic) bond motifs is 1. The van der Waals surface area contributed by atoms with E-state index in [1.165, 1.54) is 20.1 Å². The second-order valence-electron chi connectivity index (χ2n) is 4.19. The minimum Gasteiger partial charge on any atom is -0.493 e. The van der Waals surface area contributed by atoms with Crippen LogP contribution in [-0.4, -0.2) is 18.8 Å². The molecule has 2 rings (SSSR count). The van der Waals surface area contributed by atoms with Crippen molar-refractivity contribution in [1.29, 1.82) is 0 Å². The van der Waals surface area contributed by atoms with Crippen LogP contribution in [0.4, 0.5) is 5.69 Å². The molecule has 1 aromatic heterocycles. The molecule has 0 saturated carbocycles. The van der Waals surface area contributed by atoms with Crippen LogP contribution in [0.2, 0.25) is 0 Å². The largest absolute Gasteiger partial charge is 0.493 e. The SMILES string of the molecule is CC=CC(=O)Nc1c(C(C)=O)oc2c(OC)cccc12. The highest BCUT2D eigenvalue weighted by Gasteiger charge is 2.21. The zero-order valence-electron chi connectivity index (χ0n) is 11.5. The second kappa shape index (κ2) is 5.61. The van der Waals surface area contributed by atoms with Gasteiger partial charge in [0.1, 0.15) is 0 Å². The van der Waals surface area contributed by atoms with Crippen LogP contribution in [0.15, 0.2) is 34.8 Å². The van der Waals surface area contributed by atoms with E-state index in [0.29, 0.717) is 22.4 Å². The molecule has 0 aliphatic carbocycles. The molecule has 1 amide bonds. The Morgan fingerprint density at radius 1 is 1.35 bits per heavy atom. The first-order valence-electron chi connectivity index (χ1n) is 6.12. The standard InChI is InChI=1S/C15H15NO4/c1-4-6-12(18)16-13-10-7-5-8-11(19-3)15(10)20-14(13)9(2)17/h4-8H,1-3H3,(H,16,18). The lowest BCUT2D eigenvalue weighted by Crippen LogP contribution is -2.09. The molecule has 0 radical (unpaired) electrons. The summed E-state index contributed by atoms with van der Waals surface area (Å²) < 4.78 is 10.7. The third-order valence-corrected chi connectivity index (χ3v) is 2.79. The highest BCUT2D eigenvalue weighted by molar-refractivity contribution is 6.13. The predicted molar refractivity (Wildman–Crippen MR) is 76.2 cm³/mol. The molecule has 104 valence electrons. The lowest BCUT2D eigenvalue weighted by molar-refractivity contribution is -0.111. The number of furan rings is 1. The van der Waals surface area contributed by atoms with Gasteiger partial charge in [-0.2, -0.15) is 0 Å². The minimum atomic E-state index is -0.319. The smallest absolute Gasteiger partial charge is 0.248 e. The Kier molecular flexibility index (Phi) is 3.89. The van der Waals surface area contributed by atoms with E-state index >= 15 is 0 Å². The average molecular weight is 273 g/mol. The Hall–Kier alpha value is -2.56. The molecule has 20 heavy (non-hydrogen) atoms. The monoisotopic (exact) mass is 273 g/mol. The van der Waals surface area contributed by atoms with Crippen LogP contribution in [0.1, 0.15) is 24.4 Å². The summed E-state index contributed by atoms with van der Waals surface area (Å²) in [5.41, 5.74) is 0.811. The van der Waals surface area contributed by atoms with E-state index in [4.69, 9.17) is 9.15 Å². The molecule has 0 unspecified atom stereocenters. The van der Waals surface area contributed by atoms with E-state index in [0.717, 1.165) is 0 Å². The maximum atomic E-state index is 11.7. The molecule has 1 heterocycles. The molecule has 0 spiro atoms. The van der Waals surface area contributed by atoms with Gasteiger partial charge in [-0.15, -0.1) is 0 Å². The van der Waals surface area contributed by atoms with Crippen molar-refractivity contribution in [3.63, 3.8) is 0 Å². The number of Topliss-reactive ketones (excluding diaryl/α,β-unsaturated/α-hetero) is 1. The van der Waals surface area contributed by atoms with E-state index in [1.54, 1.807) is 31.2 Å². The average Bonchev–Trinajstić information content (AvgIpc) is 2.78. The zero-order valence-corrected chi connectivity index (χ0v) is 11.5. The van der Waals surface area contributed by atoms with Crippen molar-refractivity contribution in [2.75, 3.05) is 12.4 Å². The predicted octanol–water partition coefficient (Wildman–Crippen LogP) is 3.16. The van der Waals surface area contributed by atoms with E-state index < -0.39 is 0 Å². The summed E-state index contributed by atoms with van der Waals surface area (Å²) >= 11 is 0. The van der Waals surface area contributed by atoms with Crippen molar-refractivity contribution >= 4 is 28.3 Å². The Morgan fingerprint density at radius 2 is 2.10 bits per heavy atom. The van der Waals surface area contributed by atoms with Crippen molar-refractivity contribution in [2.24, 2.45) is 0 Å². The van der Waals surface area contributed by atoms with Gasteiger partial charge in [0.15, 0.2) is 22.9 Å². The van der Waals surface area contributed by atoms with Gasteiger partial charge in [0, 0.05) is 12.3 Å². The number of hydrogen-bond donors (Lipinski definition) is 1. The summed E-state index contributed by atoms with van der Waals surface area (Å²) in [6, 6.07) is 5.26. The van der Waals surface area contributed by atoms with Crippen molar-refractivity contribution < 1.29 is 18.7 Å². The van der Waals surface area contributed by atoms with Gasteiger partial charge in [-0.1, -0.05) is 12.1 Å². The van der Waals surface area contributed by atoms with E-state index in [1.807, 2.05) is 0 Å². The maximum absolute atomic E-state index is 11.7. The van der Waals surface area contributed by atoms with Gasteiger partial charge >= 0.3 is 0 Å². The van der Waals surface area contributed by atoms with E-state index in [2.05, 4.69) is 5.32 Å². The fourth-order valence-corrected chi connectivity index (χ4v) is 1.94. The molecule has 0 bridgehead atoms. The van der Waals surface area contributed by atoms with Crippen LogP contribution in [0.5, 0.6) is 5.75 Å².